The van der Waals surface area contributed by atoms with Gasteiger partial charge in [0, 0.05) is 16.9 Å². The lowest BCUT2D eigenvalue weighted by Crippen LogP contribution is -2.16. The summed E-state index contributed by atoms with van der Waals surface area (Å²) in [7, 11) is 0. The molecule has 0 unspecified atom stereocenters. The van der Waals surface area contributed by atoms with Crippen LogP contribution in [0.3, 0.4) is 0 Å². The first-order chi connectivity index (χ1) is 7.29. The molecule has 0 spiro atoms. The number of hydrogen-bond acceptors (Lipinski definition) is 2. The molecular formula is C10H11BrF3NO. The number of aromatic hydroxyl groups is 1. The first kappa shape index (κ1) is 13.3. The molecule has 1 aromatic rings. The number of nitrogens with two attached hydrogens (primary N) is 1. The van der Waals surface area contributed by atoms with Gasteiger partial charge >= 0.3 is 6.18 Å². The van der Waals surface area contributed by atoms with E-state index >= 15 is 0 Å². The molecule has 0 heterocycles. The van der Waals surface area contributed by atoms with Crippen molar-refractivity contribution in [1.82, 2.24) is 0 Å². The van der Waals surface area contributed by atoms with E-state index in [4.69, 9.17) is 5.73 Å². The highest BCUT2D eigenvalue weighted by Gasteiger charge is 2.28. The van der Waals surface area contributed by atoms with Crippen molar-refractivity contribution in [3.05, 3.63) is 28.2 Å². The van der Waals surface area contributed by atoms with Crippen LogP contribution >= 0.6 is 15.9 Å². The Kier molecular flexibility index (Phi) is 4.21. The molecule has 0 amide bonds. The minimum atomic E-state index is -4.21. The number of phenolic OH excluding ortho intramolecular Hbond substituents is 1. The highest BCUT2D eigenvalue weighted by atomic mass is 79.9. The molecular weight excluding hydrogens is 287 g/mol. The normalized spacial score (nSPS) is 13.8. The Morgan fingerprint density at radius 2 is 2.00 bits per heavy atom. The van der Waals surface area contributed by atoms with Crippen LogP contribution in [0.1, 0.15) is 24.4 Å². The largest absolute Gasteiger partial charge is 0.508 e. The summed E-state index contributed by atoms with van der Waals surface area (Å²) >= 11 is 3.18. The molecule has 0 radical (unpaired) electrons. The molecule has 3 N–H and O–H groups in total. The number of hydrogen-bond donors (Lipinski definition) is 2. The van der Waals surface area contributed by atoms with Gasteiger partial charge in [0.2, 0.25) is 0 Å². The van der Waals surface area contributed by atoms with E-state index in [1.807, 2.05) is 0 Å². The second-order valence-electron chi connectivity index (χ2n) is 3.47. The van der Waals surface area contributed by atoms with E-state index in [1.54, 1.807) is 6.07 Å². The Bertz CT molecular complexity index is 368. The number of rotatable bonds is 3. The average Bonchev–Trinajstić information content (AvgIpc) is 2.17. The van der Waals surface area contributed by atoms with Crippen molar-refractivity contribution in [2.75, 3.05) is 0 Å². The minimum absolute atomic E-state index is 0.0133. The van der Waals surface area contributed by atoms with Crippen LogP contribution in [-0.2, 0) is 0 Å². The third kappa shape index (κ3) is 4.02. The third-order valence-corrected chi connectivity index (χ3v) is 2.84. The third-order valence-electron chi connectivity index (χ3n) is 2.12. The smallest absolute Gasteiger partial charge is 0.389 e. The molecule has 0 bridgehead atoms. The topological polar surface area (TPSA) is 46.2 Å². The number of phenols is 1. The fourth-order valence-electron chi connectivity index (χ4n) is 1.29. The van der Waals surface area contributed by atoms with Gasteiger partial charge in [0.05, 0.1) is 0 Å². The maximum atomic E-state index is 12.0. The van der Waals surface area contributed by atoms with Crippen molar-refractivity contribution in [2.24, 2.45) is 5.73 Å². The molecule has 1 atom stereocenters. The Morgan fingerprint density at radius 1 is 1.38 bits per heavy atom. The quantitative estimate of drug-likeness (QED) is 0.897. The lowest BCUT2D eigenvalue weighted by molar-refractivity contribution is -0.136. The van der Waals surface area contributed by atoms with Crippen molar-refractivity contribution < 1.29 is 18.3 Å². The second-order valence-corrected chi connectivity index (χ2v) is 4.32. The van der Waals surface area contributed by atoms with Crippen LogP contribution in [0, 0.1) is 0 Å². The minimum Gasteiger partial charge on any atom is -0.508 e. The monoisotopic (exact) mass is 297 g/mol. The molecule has 0 aliphatic carbocycles. The molecule has 16 heavy (non-hydrogen) atoms. The number of benzene rings is 1. The van der Waals surface area contributed by atoms with Gasteiger partial charge in [0.15, 0.2) is 0 Å². The van der Waals surface area contributed by atoms with Crippen LogP contribution in [0.5, 0.6) is 5.75 Å². The van der Waals surface area contributed by atoms with Gasteiger partial charge in [0.25, 0.3) is 0 Å². The Hall–Kier alpha value is -0.750. The van der Waals surface area contributed by atoms with E-state index < -0.39 is 18.6 Å². The summed E-state index contributed by atoms with van der Waals surface area (Å²) in [5.74, 6) is -0.0133. The van der Waals surface area contributed by atoms with E-state index in [0.29, 0.717) is 10.0 Å². The van der Waals surface area contributed by atoms with Crippen molar-refractivity contribution in [3.8, 4) is 5.75 Å². The fraction of sp³-hybridized carbons (Fsp3) is 0.400. The highest BCUT2D eigenvalue weighted by Crippen LogP contribution is 2.31. The molecule has 1 rings (SSSR count). The summed E-state index contributed by atoms with van der Waals surface area (Å²) in [6.07, 6.45) is -5.34. The predicted molar refractivity (Wildman–Crippen MR) is 58.0 cm³/mol. The van der Waals surface area contributed by atoms with Gasteiger partial charge in [-0.2, -0.15) is 13.2 Å². The van der Waals surface area contributed by atoms with Crippen molar-refractivity contribution in [2.45, 2.75) is 25.1 Å². The van der Waals surface area contributed by atoms with Gasteiger partial charge < -0.3 is 10.8 Å². The van der Waals surface area contributed by atoms with Crippen molar-refractivity contribution in [3.63, 3.8) is 0 Å². The summed E-state index contributed by atoms with van der Waals surface area (Å²) in [4.78, 5) is 0. The molecule has 2 nitrogen and oxygen atoms in total. The van der Waals surface area contributed by atoms with Gasteiger partial charge in [-0.3, -0.25) is 0 Å². The number of halogens is 4. The fourth-order valence-corrected chi connectivity index (χ4v) is 1.83. The molecule has 0 aliphatic rings. The van der Waals surface area contributed by atoms with Gasteiger partial charge in [-0.05, 0) is 30.2 Å². The SMILES string of the molecule is N[C@H](CCC(F)(F)F)c1cc(O)ccc1Br. The molecule has 0 aliphatic heterocycles. The zero-order valence-electron chi connectivity index (χ0n) is 8.26. The molecule has 0 saturated carbocycles. The van der Waals surface area contributed by atoms with Crippen molar-refractivity contribution >= 4 is 15.9 Å². The first-order valence-corrected chi connectivity index (χ1v) is 5.39. The van der Waals surface area contributed by atoms with Gasteiger partial charge in [-0.15, -0.1) is 0 Å². The Labute approximate surface area is 99.4 Å². The van der Waals surface area contributed by atoms with Gasteiger partial charge in [-0.25, -0.2) is 0 Å². The lowest BCUT2D eigenvalue weighted by Gasteiger charge is -2.15. The van der Waals surface area contributed by atoms with Crippen LogP contribution in [0.15, 0.2) is 22.7 Å². The first-order valence-electron chi connectivity index (χ1n) is 4.60. The Balaban J connectivity index is 2.73. The molecule has 1 aromatic carbocycles. The standard InChI is InChI=1S/C10H11BrF3NO/c11-8-2-1-6(16)5-7(8)9(15)3-4-10(12,13)14/h1-2,5,9,16H,3-4,15H2/t9-/m1/s1. The van der Waals surface area contributed by atoms with Gasteiger partial charge in [-0.1, -0.05) is 15.9 Å². The van der Waals surface area contributed by atoms with Crippen LogP contribution in [-0.4, -0.2) is 11.3 Å². The molecule has 0 saturated heterocycles. The van der Waals surface area contributed by atoms with E-state index in [1.165, 1.54) is 12.1 Å². The van der Waals surface area contributed by atoms with E-state index in [9.17, 15) is 18.3 Å². The van der Waals surface area contributed by atoms with Gasteiger partial charge in [0.1, 0.15) is 5.75 Å². The maximum Gasteiger partial charge on any atom is 0.389 e. The molecule has 90 valence electrons. The lowest BCUT2D eigenvalue weighted by atomic mass is 10.0. The van der Waals surface area contributed by atoms with Crippen LogP contribution in [0.2, 0.25) is 0 Å². The Morgan fingerprint density at radius 3 is 2.56 bits per heavy atom. The second kappa shape index (κ2) is 5.05. The number of alkyl halides is 3. The highest BCUT2D eigenvalue weighted by molar-refractivity contribution is 9.10. The van der Waals surface area contributed by atoms with Crippen molar-refractivity contribution in [1.29, 1.82) is 0 Å². The molecule has 0 aromatic heterocycles. The zero-order valence-corrected chi connectivity index (χ0v) is 9.85. The van der Waals surface area contributed by atoms with Crippen LogP contribution < -0.4 is 5.73 Å². The van der Waals surface area contributed by atoms with E-state index in [0.717, 1.165) is 0 Å². The van der Waals surface area contributed by atoms with Crippen LogP contribution in [0.25, 0.3) is 0 Å². The zero-order chi connectivity index (χ0) is 12.3. The molecule has 0 fully saturated rings. The average molecular weight is 298 g/mol. The van der Waals surface area contributed by atoms with E-state index in [-0.39, 0.29) is 12.2 Å². The van der Waals surface area contributed by atoms with E-state index in [2.05, 4.69) is 15.9 Å². The molecule has 6 heteroatoms. The summed E-state index contributed by atoms with van der Waals surface area (Å²) in [5, 5.41) is 9.22. The summed E-state index contributed by atoms with van der Waals surface area (Å²) in [6, 6.07) is 3.61. The van der Waals surface area contributed by atoms with Crippen LogP contribution in [0.4, 0.5) is 13.2 Å². The summed E-state index contributed by atoms with van der Waals surface area (Å²) < 4.78 is 36.6. The maximum absolute atomic E-state index is 12.0. The predicted octanol–water partition coefficient (Wildman–Crippen LogP) is 3.50. The summed E-state index contributed by atoms with van der Waals surface area (Å²) in [5.41, 5.74) is 6.11. The summed E-state index contributed by atoms with van der Waals surface area (Å²) in [6.45, 7) is 0.